The van der Waals surface area contributed by atoms with Crippen LogP contribution in [0.25, 0.3) is 6.08 Å². The summed E-state index contributed by atoms with van der Waals surface area (Å²) >= 11 is 0. The third-order valence-corrected chi connectivity index (χ3v) is 1.59. The van der Waals surface area contributed by atoms with Crippen LogP contribution in [-0.2, 0) is 0 Å². The zero-order valence-electron chi connectivity index (χ0n) is 6.87. The van der Waals surface area contributed by atoms with Gasteiger partial charge in [0, 0.05) is 5.56 Å². The van der Waals surface area contributed by atoms with E-state index in [0.717, 1.165) is 5.56 Å². The van der Waals surface area contributed by atoms with Gasteiger partial charge in [-0.15, -0.1) is 0 Å². The smallest absolute Gasteiger partial charge is 0.143 e. The molecule has 12 heavy (non-hydrogen) atoms. The summed E-state index contributed by atoms with van der Waals surface area (Å²) in [7, 11) is 1.54. The van der Waals surface area contributed by atoms with Gasteiger partial charge in [0.2, 0.25) is 0 Å². The number of benzene rings is 1. The van der Waals surface area contributed by atoms with E-state index in [-0.39, 0.29) is 0 Å². The molecule has 0 radical (unpaired) electrons. The van der Waals surface area contributed by atoms with Crippen LogP contribution in [-0.4, -0.2) is 7.11 Å². The molecule has 1 aromatic carbocycles. The van der Waals surface area contributed by atoms with Crippen LogP contribution < -0.4 is 4.74 Å². The number of hydrogen-bond donors (Lipinski definition) is 0. The Balaban J connectivity index is 3.34. The van der Waals surface area contributed by atoms with Gasteiger partial charge in [-0.2, -0.15) is 5.26 Å². The number of para-hydroxylation sites is 1. The van der Waals surface area contributed by atoms with Crippen LogP contribution in [0.15, 0.2) is 24.8 Å². The third kappa shape index (κ3) is 1.30. The van der Waals surface area contributed by atoms with Crippen molar-refractivity contribution in [2.24, 2.45) is 0 Å². The van der Waals surface area contributed by atoms with Gasteiger partial charge in [-0.05, 0) is 6.07 Å². The summed E-state index contributed by atoms with van der Waals surface area (Å²) in [6.45, 7) is 3.63. The third-order valence-electron chi connectivity index (χ3n) is 1.59. The largest absolute Gasteiger partial charge is 0.495 e. The monoisotopic (exact) mass is 159 g/mol. The lowest BCUT2D eigenvalue weighted by Gasteiger charge is -2.05. The topological polar surface area (TPSA) is 33.0 Å². The zero-order chi connectivity index (χ0) is 8.97. The normalized spacial score (nSPS) is 8.67. The molecule has 2 nitrogen and oxygen atoms in total. The molecule has 0 atom stereocenters. The van der Waals surface area contributed by atoms with Crippen LogP contribution in [0, 0.1) is 11.3 Å². The second-order valence-electron chi connectivity index (χ2n) is 2.24. The maximum atomic E-state index is 8.71. The molecule has 0 aromatic heterocycles. The molecule has 0 spiro atoms. The van der Waals surface area contributed by atoms with Gasteiger partial charge in [-0.3, -0.25) is 0 Å². The Morgan fingerprint density at radius 1 is 1.58 bits per heavy atom. The predicted octanol–water partition coefficient (Wildman–Crippen LogP) is 2.21. The van der Waals surface area contributed by atoms with E-state index < -0.39 is 0 Å². The van der Waals surface area contributed by atoms with Crippen LogP contribution in [0.1, 0.15) is 11.1 Å². The zero-order valence-corrected chi connectivity index (χ0v) is 6.87. The Morgan fingerprint density at radius 3 is 2.83 bits per heavy atom. The van der Waals surface area contributed by atoms with Gasteiger partial charge in [0.25, 0.3) is 0 Å². The van der Waals surface area contributed by atoms with Crippen molar-refractivity contribution in [3.05, 3.63) is 35.9 Å². The maximum absolute atomic E-state index is 8.71. The average Bonchev–Trinajstić information content (AvgIpc) is 2.16. The number of methoxy groups -OCH3 is 1. The van der Waals surface area contributed by atoms with Crippen molar-refractivity contribution in [3.63, 3.8) is 0 Å². The number of hydrogen-bond acceptors (Lipinski definition) is 2. The molecule has 0 fully saturated rings. The highest BCUT2D eigenvalue weighted by molar-refractivity contribution is 5.61. The van der Waals surface area contributed by atoms with E-state index >= 15 is 0 Å². The molecule has 60 valence electrons. The average molecular weight is 159 g/mol. The number of nitriles is 1. The number of nitrogens with zero attached hydrogens (tertiary/aromatic N) is 1. The summed E-state index contributed by atoms with van der Waals surface area (Å²) in [6, 6.07) is 7.42. The maximum Gasteiger partial charge on any atom is 0.143 e. The van der Waals surface area contributed by atoms with Gasteiger partial charge in [-0.25, -0.2) is 0 Å². The summed E-state index contributed by atoms with van der Waals surface area (Å²) in [5, 5.41) is 8.71. The molecule has 0 bridgehead atoms. The SMILES string of the molecule is C=Cc1cccc(C#N)c1OC. The van der Waals surface area contributed by atoms with Gasteiger partial charge in [0.05, 0.1) is 12.7 Å². The highest BCUT2D eigenvalue weighted by atomic mass is 16.5. The van der Waals surface area contributed by atoms with Crippen LogP contribution in [0.2, 0.25) is 0 Å². The van der Waals surface area contributed by atoms with Crippen molar-refractivity contribution in [2.45, 2.75) is 0 Å². The van der Waals surface area contributed by atoms with Crippen LogP contribution in [0.4, 0.5) is 0 Å². The lowest BCUT2D eigenvalue weighted by Crippen LogP contribution is -1.90. The summed E-state index contributed by atoms with van der Waals surface area (Å²) in [6.07, 6.45) is 1.67. The lowest BCUT2D eigenvalue weighted by atomic mass is 10.1. The molecule has 1 rings (SSSR count). The minimum Gasteiger partial charge on any atom is -0.495 e. The molecule has 0 heterocycles. The lowest BCUT2D eigenvalue weighted by molar-refractivity contribution is 0.412. The van der Waals surface area contributed by atoms with E-state index in [1.54, 1.807) is 25.3 Å². The molecule has 1 aromatic rings. The van der Waals surface area contributed by atoms with Crippen molar-refractivity contribution < 1.29 is 4.74 Å². The van der Waals surface area contributed by atoms with E-state index in [2.05, 4.69) is 6.58 Å². The van der Waals surface area contributed by atoms with Gasteiger partial charge in [-0.1, -0.05) is 24.8 Å². The minimum absolute atomic E-state index is 0.537. The Kier molecular flexibility index (Phi) is 2.49. The van der Waals surface area contributed by atoms with Crippen LogP contribution in [0.3, 0.4) is 0 Å². The van der Waals surface area contributed by atoms with Crippen molar-refractivity contribution in [1.29, 1.82) is 5.26 Å². The summed E-state index contributed by atoms with van der Waals surface area (Å²) < 4.78 is 5.06. The molecule has 0 aliphatic carbocycles. The van der Waals surface area contributed by atoms with E-state index in [9.17, 15) is 0 Å². The molecule has 0 amide bonds. The van der Waals surface area contributed by atoms with Crippen molar-refractivity contribution in [2.75, 3.05) is 7.11 Å². The second kappa shape index (κ2) is 3.59. The quantitative estimate of drug-likeness (QED) is 0.662. The first-order valence-corrected chi connectivity index (χ1v) is 3.53. The fourth-order valence-electron chi connectivity index (χ4n) is 1.03. The molecule has 0 saturated heterocycles. The van der Waals surface area contributed by atoms with Gasteiger partial charge < -0.3 is 4.74 Å². The van der Waals surface area contributed by atoms with Crippen molar-refractivity contribution >= 4 is 6.08 Å². The first-order chi connectivity index (χ1) is 5.83. The molecular weight excluding hydrogens is 150 g/mol. The fourth-order valence-corrected chi connectivity index (χ4v) is 1.03. The highest BCUT2D eigenvalue weighted by Crippen LogP contribution is 2.23. The van der Waals surface area contributed by atoms with Crippen LogP contribution >= 0.6 is 0 Å². The van der Waals surface area contributed by atoms with Gasteiger partial charge in [0.15, 0.2) is 0 Å². The molecule has 0 unspecified atom stereocenters. The highest BCUT2D eigenvalue weighted by Gasteiger charge is 2.04. The van der Waals surface area contributed by atoms with Crippen LogP contribution in [0.5, 0.6) is 5.75 Å². The standard InChI is InChI=1S/C10H9NO/c1-3-8-5-4-6-9(7-11)10(8)12-2/h3-6H,1H2,2H3. The van der Waals surface area contributed by atoms with Gasteiger partial charge >= 0.3 is 0 Å². The summed E-state index contributed by atoms with van der Waals surface area (Å²) in [5.41, 5.74) is 1.38. The van der Waals surface area contributed by atoms with Crippen molar-refractivity contribution in [1.82, 2.24) is 0 Å². The molecule has 0 saturated carbocycles. The van der Waals surface area contributed by atoms with E-state index in [4.69, 9.17) is 10.00 Å². The molecule has 0 aliphatic heterocycles. The Bertz CT molecular complexity index is 336. The molecule has 2 heteroatoms. The summed E-state index contributed by atoms with van der Waals surface area (Å²) in [5.74, 6) is 0.593. The predicted molar refractivity (Wildman–Crippen MR) is 47.8 cm³/mol. The molecule has 0 aliphatic rings. The van der Waals surface area contributed by atoms with Gasteiger partial charge in [0.1, 0.15) is 11.8 Å². The summed E-state index contributed by atoms with van der Waals surface area (Å²) in [4.78, 5) is 0. The van der Waals surface area contributed by atoms with Crippen molar-refractivity contribution in [3.8, 4) is 11.8 Å². The minimum atomic E-state index is 0.537. The number of rotatable bonds is 2. The second-order valence-corrected chi connectivity index (χ2v) is 2.24. The van der Waals surface area contributed by atoms with E-state index in [1.807, 2.05) is 12.1 Å². The number of ether oxygens (including phenoxy) is 1. The fraction of sp³-hybridized carbons (Fsp3) is 0.100. The Hall–Kier alpha value is -1.75. The Labute approximate surface area is 71.7 Å². The van der Waals surface area contributed by atoms with E-state index in [0.29, 0.717) is 11.3 Å². The molecular formula is C10H9NO. The first kappa shape index (κ1) is 8.35. The Morgan fingerprint density at radius 2 is 2.33 bits per heavy atom. The van der Waals surface area contributed by atoms with E-state index in [1.165, 1.54) is 0 Å². The first-order valence-electron chi connectivity index (χ1n) is 3.53. The molecule has 0 N–H and O–H groups in total.